The molecule has 0 spiro atoms. The van der Waals surface area contributed by atoms with Gasteiger partial charge in [-0.1, -0.05) is 25.1 Å². The van der Waals surface area contributed by atoms with E-state index in [2.05, 4.69) is 4.90 Å². The van der Waals surface area contributed by atoms with Crippen molar-refractivity contribution >= 4 is 11.0 Å². The minimum atomic E-state index is -0.478. The van der Waals surface area contributed by atoms with Crippen LogP contribution in [0.25, 0.3) is 11.0 Å². The molecule has 4 nitrogen and oxygen atoms in total. The quantitative estimate of drug-likeness (QED) is 0.835. The van der Waals surface area contributed by atoms with Gasteiger partial charge >= 0.3 is 0 Å². The van der Waals surface area contributed by atoms with Crippen molar-refractivity contribution in [2.24, 2.45) is 5.41 Å². The van der Waals surface area contributed by atoms with Gasteiger partial charge in [0, 0.05) is 29.5 Å². The summed E-state index contributed by atoms with van der Waals surface area (Å²) in [7, 11) is 1.98. The van der Waals surface area contributed by atoms with E-state index in [4.69, 9.17) is 4.42 Å². The highest BCUT2D eigenvalue weighted by Crippen LogP contribution is 2.23. The van der Waals surface area contributed by atoms with Gasteiger partial charge in [-0.15, -0.1) is 0 Å². The zero-order valence-corrected chi connectivity index (χ0v) is 11.5. The van der Waals surface area contributed by atoms with Gasteiger partial charge in [-0.25, -0.2) is 0 Å². The molecule has 0 aliphatic rings. The van der Waals surface area contributed by atoms with E-state index >= 15 is 0 Å². The highest BCUT2D eigenvalue weighted by molar-refractivity contribution is 5.80. The minimum absolute atomic E-state index is 0.0278. The average molecular weight is 263 g/mol. The Balaban J connectivity index is 2.08. The third-order valence-corrected chi connectivity index (χ3v) is 3.42. The lowest BCUT2D eigenvalue weighted by atomic mass is 9.92. The Kier molecular flexibility index (Phi) is 4.24. The van der Waals surface area contributed by atoms with Crippen LogP contribution in [0.15, 0.2) is 34.9 Å². The third kappa shape index (κ3) is 3.15. The van der Waals surface area contributed by atoms with E-state index in [-0.39, 0.29) is 13.2 Å². The molecule has 1 aromatic heterocycles. The molecule has 0 saturated carbocycles. The fourth-order valence-corrected chi connectivity index (χ4v) is 2.30. The van der Waals surface area contributed by atoms with E-state index in [1.54, 1.807) is 6.26 Å². The van der Waals surface area contributed by atoms with Gasteiger partial charge in [-0.2, -0.15) is 0 Å². The molecule has 0 fully saturated rings. The second kappa shape index (κ2) is 5.74. The predicted molar refractivity (Wildman–Crippen MR) is 74.8 cm³/mol. The summed E-state index contributed by atoms with van der Waals surface area (Å²) in [6.07, 6.45) is 1.77. The molecule has 104 valence electrons. The molecule has 0 unspecified atom stereocenters. The second-order valence-corrected chi connectivity index (χ2v) is 5.56. The lowest BCUT2D eigenvalue weighted by Crippen LogP contribution is -2.38. The van der Waals surface area contributed by atoms with Gasteiger partial charge in [0.1, 0.15) is 5.58 Å². The number of furan rings is 1. The number of aliphatic hydroxyl groups is 2. The normalized spacial score (nSPS) is 12.5. The molecule has 19 heavy (non-hydrogen) atoms. The molecular weight excluding hydrogens is 242 g/mol. The molecule has 0 aliphatic carbocycles. The molecule has 4 heteroatoms. The first-order valence-corrected chi connectivity index (χ1v) is 6.43. The summed E-state index contributed by atoms with van der Waals surface area (Å²) in [5.74, 6) is 0. The Morgan fingerprint density at radius 2 is 1.89 bits per heavy atom. The van der Waals surface area contributed by atoms with E-state index in [9.17, 15) is 10.2 Å². The molecule has 1 aromatic carbocycles. The third-order valence-electron chi connectivity index (χ3n) is 3.42. The Morgan fingerprint density at radius 1 is 1.21 bits per heavy atom. The van der Waals surface area contributed by atoms with Crippen molar-refractivity contribution in [3.05, 3.63) is 36.1 Å². The summed E-state index contributed by atoms with van der Waals surface area (Å²) in [5.41, 5.74) is 1.53. The van der Waals surface area contributed by atoms with Gasteiger partial charge in [-0.05, 0) is 13.1 Å². The van der Waals surface area contributed by atoms with Crippen LogP contribution >= 0.6 is 0 Å². The molecule has 0 radical (unpaired) electrons. The van der Waals surface area contributed by atoms with Gasteiger partial charge in [0.25, 0.3) is 0 Å². The first-order valence-electron chi connectivity index (χ1n) is 6.43. The van der Waals surface area contributed by atoms with Crippen molar-refractivity contribution in [2.75, 3.05) is 26.8 Å². The molecule has 2 aromatic rings. The number of fused-ring (bicyclic) bond motifs is 1. The molecule has 2 N–H and O–H groups in total. The van der Waals surface area contributed by atoms with Gasteiger partial charge in [0.15, 0.2) is 0 Å². The summed E-state index contributed by atoms with van der Waals surface area (Å²) >= 11 is 0. The number of para-hydroxylation sites is 1. The van der Waals surface area contributed by atoms with Gasteiger partial charge in [-0.3, -0.25) is 0 Å². The van der Waals surface area contributed by atoms with Gasteiger partial charge in [0.2, 0.25) is 0 Å². The van der Waals surface area contributed by atoms with Crippen LogP contribution in [-0.4, -0.2) is 41.9 Å². The standard InChI is InChI=1S/C15H21NO3/c1-15(10-17,11-18)9-16(2)7-12-8-19-14-6-4-3-5-13(12)14/h3-6,8,17-18H,7,9-11H2,1-2H3. The van der Waals surface area contributed by atoms with Crippen molar-refractivity contribution in [3.63, 3.8) is 0 Å². The fourth-order valence-electron chi connectivity index (χ4n) is 2.30. The summed E-state index contributed by atoms with van der Waals surface area (Å²) < 4.78 is 5.51. The molecular formula is C15H21NO3. The molecule has 0 amide bonds. The smallest absolute Gasteiger partial charge is 0.134 e. The molecule has 2 rings (SSSR count). The van der Waals surface area contributed by atoms with Crippen LogP contribution in [0, 0.1) is 5.41 Å². The molecule has 0 atom stereocenters. The molecule has 1 heterocycles. The van der Waals surface area contributed by atoms with Gasteiger partial charge < -0.3 is 19.5 Å². The number of aliphatic hydroxyl groups excluding tert-OH is 2. The molecule has 0 bridgehead atoms. The minimum Gasteiger partial charge on any atom is -0.464 e. The summed E-state index contributed by atoms with van der Waals surface area (Å²) in [6.45, 7) is 3.17. The van der Waals surface area contributed by atoms with Crippen LogP contribution in [0.5, 0.6) is 0 Å². The van der Waals surface area contributed by atoms with E-state index in [0.29, 0.717) is 6.54 Å². The number of hydrogen-bond donors (Lipinski definition) is 2. The van der Waals surface area contributed by atoms with Crippen LogP contribution in [0.4, 0.5) is 0 Å². The maximum absolute atomic E-state index is 9.33. The summed E-state index contributed by atoms with van der Waals surface area (Å²) in [4.78, 5) is 2.09. The lowest BCUT2D eigenvalue weighted by Gasteiger charge is -2.30. The van der Waals surface area contributed by atoms with Gasteiger partial charge in [0.05, 0.1) is 19.5 Å². The average Bonchev–Trinajstić information content (AvgIpc) is 2.82. The predicted octanol–water partition coefficient (Wildman–Crippen LogP) is 1.86. The van der Waals surface area contributed by atoms with Crippen molar-refractivity contribution in [2.45, 2.75) is 13.5 Å². The van der Waals surface area contributed by atoms with Crippen LogP contribution < -0.4 is 0 Å². The van der Waals surface area contributed by atoms with Crippen LogP contribution in [0.2, 0.25) is 0 Å². The maximum atomic E-state index is 9.33. The van der Waals surface area contributed by atoms with E-state index in [1.807, 2.05) is 38.2 Å². The first kappa shape index (κ1) is 14.1. The van der Waals surface area contributed by atoms with Crippen molar-refractivity contribution in [1.82, 2.24) is 4.90 Å². The van der Waals surface area contributed by atoms with E-state index in [1.165, 1.54) is 0 Å². The topological polar surface area (TPSA) is 56.8 Å². The van der Waals surface area contributed by atoms with Crippen molar-refractivity contribution in [1.29, 1.82) is 0 Å². The van der Waals surface area contributed by atoms with Crippen LogP contribution in [0.3, 0.4) is 0 Å². The largest absolute Gasteiger partial charge is 0.464 e. The Labute approximate surface area is 113 Å². The first-order chi connectivity index (χ1) is 9.08. The summed E-state index contributed by atoms with van der Waals surface area (Å²) in [6, 6.07) is 7.94. The number of benzene rings is 1. The van der Waals surface area contributed by atoms with E-state index < -0.39 is 5.41 Å². The number of rotatable bonds is 6. The molecule has 0 aliphatic heterocycles. The van der Waals surface area contributed by atoms with E-state index in [0.717, 1.165) is 23.1 Å². The van der Waals surface area contributed by atoms with Crippen molar-refractivity contribution in [3.8, 4) is 0 Å². The monoisotopic (exact) mass is 263 g/mol. The summed E-state index contributed by atoms with van der Waals surface area (Å²) in [5, 5.41) is 19.8. The highest BCUT2D eigenvalue weighted by atomic mass is 16.3. The SMILES string of the molecule is CN(Cc1coc2ccccc12)CC(C)(CO)CO. The van der Waals surface area contributed by atoms with Crippen LogP contribution in [-0.2, 0) is 6.54 Å². The lowest BCUT2D eigenvalue weighted by molar-refractivity contribution is 0.0402. The zero-order valence-electron chi connectivity index (χ0n) is 11.5. The molecule has 0 saturated heterocycles. The fraction of sp³-hybridized carbons (Fsp3) is 0.467. The Hall–Kier alpha value is -1.36. The highest BCUT2D eigenvalue weighted by Gasteiger charge is 2.24. The second-order valence-electron chi connectivity index (χ2n) is 5.56. The zero-order chi connectivity index (χ0) is 13.9. The Morgan fingerprint density at radius 3 is 2.58 bits per heavy atom. The van der Waals surface area contributed by atoms with Crippen molar-refractivity contribution < 1.29 is 14.6 Å². The Bertz CT molecular complexity index is 531. The van der Waals surface area contributed by atoms with Crippen LogP contribution in [0.1, 0.15) is 12.5 Å². The maximum Gasteiger partial charge on any atom is 0.134 e. The number of hydrogen-bond acceptors (Lipinski definition) is 4. The number of nitrogens with zero attached hydrogens (tertiary/aromatic N) is 1.